The summed E-state index contributed by atoms with van der Waals surface area (Å²) < 4.78 is 6.33. The van der Waals surface area contributed by atoms with Gasteiger partial charge in [0.1, 0.15) is 0 Å². The zero-order valence-corrected chi connectivity index (χ0v) is 29.7. The highest BCUT2D eigenvalue weighted by atomic mass is 16.5. The largest absolute Gasteiger partial charge is 0.378 e. The van der Waals surface area contributed by atoms with Crippen LogP contribution in [0.15, 0.2) is 4.99 Å². The molecular formula is C37H78N2O. The molecule has 1 aliphatic carbocycles. The van der Waals surface area contributed by atoms with E-state index in [1.54, 1.807) is 0 Å². The molecule has 3 heteroatoms. The SMILES string of the molecule is CCCC.CCCCCCCCCCC(OCC)C(CCCCCCC=NC1CCCC1)C(C)(C)C.CN(C)C. The predicted molar refractivity (Wildman–Crippen MR) is 184 cm³/mol. The minimum atomic E-state index is 0.327. The van der Waals surface area contributed by atoms with Crippen molar-refractivity contribution >= 4 is 6.21 Å². The lowest BCUT2D eigenvalue weighted by Gasteiger charge is -2.37. The average Bonchev–Trinajstić information content (AvgIpc) is 3.41. The van der Waals surface area contributed by atoms with Gasteiger partial charge in [-0.2, -0.15) is 0 Å². The molecule has 2 atom stereocenters. The molecule has 1 saturated carbocycles. The summed E-state index contributed by atoms with van der Waals surface area (Å²) in [5.74, 6) is 0.677. The highest BCUT2D eigenvalue weighted by Crippen LogP contribution is 2.36. The zero-order valence-electron chi connectivity index (χ0n) is 29.7. The maximum Gasteiger partial charge on any atom is 0.0608 e. The van der Waals surface area contributed by atoms with Crippen molar-refractivity contribution in [1.29, 1.82) is 0 Å². The fourth-order valence-corrected chi connectivity index (χ4v) is 5.50. The fourth-order valence-electron chi connectivity index (χ4n) is 5.50. The number of unbranched alkanes of at least 4 members (excludes halogenated alkanes) is 12. The monoisotopic (exact) mass is 567 g/mol. The van der Waals surface area contributed by atoms with Gasteiger partial charge in [0.25, 0.3) is 0 Å². The lowest BCUT2D eigenvalue weighted by Crippen LogP contribution is -2.34. The molecule has 3 nitrogen and oxygen atoms in total. The Morgan fingerprint density at radius 2 is 1.18 bits per heavy atom. The van der Waals surface area contributed by atoms with Gasteiger partial charge in [-0.15, -0.1) is 0 Å². The van der Waals surface area contributed by atoms with Gasteiger partial charge in [0.05, 0.1) is 6.10 Å². The molecule has 1 fully saturated rings. The van der Waals surface area contributed by atoms with Crippen molar-refractivity contribution in [2.75, 3.05) is 27.7 Å². The van der Waals surface area contributed by atoms with Crippen molar-refractivity contribution in [2.45, 2.75) is 195 Å². The van der Waals surface area contributed by atoms with Crippen LogP contribution < -0.4 is 0 Å². The number of ether oxygens (including phenoxy) is 1. The van der Waals surface area contributed by atoms with Crippen LogP contribution in [0.2, 0.25) is 0 Å². The van der Waals surface area contributed by atoms with Gasteiger partial charge >= 0.3 is 0 Å². The van der Waals surface area contributed by atoms with Gasteiger partial charge in [-0.05, 0) is 84.1 Å². The third-order valence-electron chi connectivity index (χ3n) is 8.02. The second-order valence-electron chi connectivity index (χ2n) is 13.8. The minimum absolute atomic E-state index is 0.327. The number of hydrogen-bond donors (Lipinski definition) is 0. The first-order chi connectivity index (χ1) is 19.1. The number of hydrogen-bond acceptors (Lipinski definition) is 3. The Labute approximate surface area is 255 Å². The maximum atomic E-state index is 6.33. The molecule has 1 rings (SSSR count). The van der Waals surface area contributed by atoms with Gasteiger partial charge in [-0.25, -0.2) is 0 Å². The first-order valence-corrected chi connectivity index (χ1v) is 17.9. The van der Waals surface area contributed by atoms with Crippen molar-refractivity contribution in [3.63, 3.8) is 0 Å². The molecule has 0 heterocycles. The normalized spacial score (nSPS) is 15.6. The maximum absolute atomic E-state index is 6.33. The quantitative estimate of drug-likeness (QED) is 0.102. The van der Waals surface area contributed by atoms with E-state index in [9.17, 15) is 0 Å². The molecule has 2 unspecified atom stereocenters. The third-order valence-corrected chi connectivity index (χ3v) is 8.02. The van der Waals surface area contributed by atoms with Crippen LogP contribution in [0.3, 0.4) is 0 Å². The smallest absolute Gasteiger partial charge is 0.0608 e. The van der Waals surface area contributed by atoms with Crippen LogP contribution in [-0.4, -0.2) is 51.0 Å². The van der Waals surface area contributed by atoms with Crippen LogP contribution in [0.1, 0.15) is 183 Å². The first-order valence-electron chi connectivity index (χ1n) is 17.9. The van der Waals surface area contributed by atoms with E-state index in [0.717, 1.165) is 6.61 Å². The molecule has 0 saturated heterocycles. The lowest BCUT2D eigenvalue weighted by atomic mass is 9.73. The van der Waals surface area contributed by atoms with Crippen LogP contribution in [0.25, 0.3) is 0 Å². The summed E-state index contributed by atoms with van der Waals surface area (Å²) in [5.41, 5.74) is 0.327. The van der Waals surface area contributed by atoms with E-state index in [0.29, 0.717) is 23.5 Å². The first kappa shape index (κ1) is 41.7. The Morgan fingerprint density at radius 3 is 1.65 bits per heavy atom. The summed E-state index contributed by atoms with van der Waals surface area (Å²) >= 11 is 0. The third kappa shape index (κ3) is 29.1. The zero-order chi connectivity index (χ0) is 30.5. The van der Waals surface area contributed by atoms with Crippen molar-refractivity contribution < 1.29 is 4.74 Å². The topological polar surface area (TPSA) is 24.8 Å². The Morgan fingerprint density at radius 1 is 0.700 bits per heavy atom. The summed E-state index contributed by atoms with van der Waals surface area (Å²) in [7, 11) is 6.00. The van der Waals surface area contributed by atoms with Crippen LogP contribution in [0, 0.1) is 11.3 Å². The van der Waals surface area contributed by atoms with Crippen LogP contribution in [0.4, 0.5) is 0 Å². The molecule has 0 bridgehead atoms. The van der Waals surface area contributed by atoms with Crippen LogP contribution in [-0.2, 0) is 4.74 Å². The predicted octanol–water partition coefficient (Wildman–Crippen LogP) is 11.9. The Balaban J connectivity index is 0. The number of aliphatic imine (C=N–C) groups is 1. The molecule has 40 heavy (non-hydrogen) atoms. The number of rotatable bonds is 21. The Kier molecular flexibility index (Phi) is 31.4. The summed E-state index contributed by atoms with van der Waals surface area (Å²) in [6, 6.07) is 0.652. The van der Waals surface area contributed by atoms with Crippen LogP contribution in [0.5, 0.6) is 0 Å². The molecule has 0 aromatic heterocycles. The molecule has 242 valence electrons. The number of nitrogens with zero attached hydrogens (tertiary/aromatic N) is 2. The Bertz CT molecular complexity index is 500. The molecule has 0 radical (unpaired) electrons. The van der Waals surface area contributed by atoms with E-state index < -0.39 is 0 Å². The molecule has 1 aliphatic rings. The standard InChI is InChI=1S/C30H59NO.C4H10.C3H9N/c1-6-8-9-10-11-12-15-18-25-29(32-7-2)28(30(3,4)5)24-17-14-13-16-21-26-31-27-22-19-20-23-27;1-3-4-2;1-4(2)3/h26-29H,6-25H2,1-5H3;3-4H2,1-2H3;1-3H3. The van der Waals surface area contributed by atoms with Crippen molar-refractivity contribution in [3.05, 3.63) is 0 Å². The molecule has 0 amide bonds. The van der Waals surface area contributed by atoms with E-state index in [-0.39, 0.29) is 0 Å². The van der Waals surface area contributed by atoms with Crippen molar-refractivity contribution in [2.24, 2.45) is 16.3 Å². The fraction of sp³-hybridized carbons (Fsp3) is 0.973. The second-order valence-corrected chi connectivity index (χ2v) is 13.8. The molecule has 0 aromatic carbocycles. The summed E-state index contributed by atoms with van der Waals surface area (Å²) in [6.45, 7) is 17.0. The van der Waals surface area contributed by atoms with E-state index in [1.807, 2.05) is 26.0 Å². The Hall–Kier alpha value is -0.410. The highest BCUT2D eigenvalue weighted by molar-refractivity contribution is 5.57. The molecule has 0 spiro atoms. The van der Waals surface area contributed by atoms with Crippen molar-refractivity contribution in [1.82, 2.24) is 4.90 Å². The second kappa shape index (κ2) is 30.1. The molecular weight excluding hydrogens is 488 g/mol. The average molecular weight is 567 g/mol. The van der Waals surface area contributed by atoms with E-state index in [2.05, 4.69) is 54.7 Å². The lowest BCUT2D eigenvalue weighted by molar-refractivity contribution is -0.0294. The van der Waals surface area contributed by atoms with E-state index in [4.69, 9.17) is 9.73 Å². The van der Waals surface area contributed by atoms with E-state index in [1.165, 1.54) is 135 Å². The summed E-state index contributed by atoms with van der Waals surface area (Å²) in [6.07, 6.45) is 31.0. The summed E-state index contributed by atoms with van der Waals surface area (Å²) in [5, 5.41) is 0. The molecule has 0 N–H and O–H groups in total. The van der Waals surface area contributed by atoms with Crippen LogP contribution >= 0.6 is 0 Å². The van der Waals surface area contributed by atoms with Gasteiger partial charge in [0.15, 0.2) is 0 Å². The van der Waals surface area contributed by atoms with Gasteiger partial charge in [-0.3, -0.25) is 4.99 Å². The van der Waals surface area contributed by atoms with E-state index >= 15 is 0 Å². The molecule has 0 aromatic rings. The highest BCUT2D eigenvalue weighted by Gasteiger charge is 2.31. The molecule has 0 aliphatic heterocycles. The van der Waals surface area contributed by atoms with Gasteiger partial charge in [-0.1, -0.05) is 138 Å². The minimum Gasteiger partial charge on any atom is -0.378 e. The van der Waals surface area contributed by atoms with Gasteiger partial charge in [0, 0.05) is 12.6 Å². The van der Waals surface area contributed by atoms with Crippen molar-refractivity contribution in [3.8, 4) is 0 Å². The summed E-state index contributed by atoms with van der Waals surface area (Å²) in [4.78, 5) is 6.76. The van der Waals surface area contributed by atoms with Gasteiger partial charge in [0.2, 0.25) is 0 Å². The van der Waals surface area contributed by atoms with Gasteiger partial charge < -0.3 is 9.64 Å².